The lowest BCUT2D eigenvalue weighted by Gasteiger charge is -2.21. The minimum Gasteiger partial charge on any atom is -0.371 e. The Hall–Kier alpha value is -2.63. The molecule has 2 aromatic rings. The van der Waals surface area contributed by atoms with Crippen LogP contribution in [0.1, 0.15) is 34.5 Å². The van der Waals surface area contributed by atoms with E-state index in [4.69, 9.17) is 0 Å². The van der Waals surface area contributed by atoms with Crippen molar-refractivity contribution < 1.29 is 4.79 Å². The molecule has 0 atom stereocenters. The maximum absolute atomic E-state index is 12.6. The van der Waals surface area contributed by atoms with E-state index in [1.165, 1.54) is 12.8 Å². The molecule has 0 unspecified atom stereocenters. The maximum atomic E-state index is 12.6. The van der Waals surface area contributed by atoms with Gasteiger partial charge in [-0.05, 0) is 51.0 Å². The second-order valence-electron chi connectivity index (χ2n) is 6.46. The molecule has 0 aliphatic carbocycles. The number of aromatic nitrogens is 2. The number of rotatable bonds is 6. The minimum absolute atomic E-state index is 0.0256. The molecule has 3 rings (SSSR count). The lowest BCUT2D eigenvalue weighted by molar-refractivity contribution is 0.0955. The van der Waals surface area contributed by atoms with E-state index in [0.717, 1.165) is 35.6 Å². The molecule has 0 radical (unpaired) electrons. The van der Waals surface area contributed by atoms with E-state index in [0.29, 0.717) is 18.9 Å². The predicted molar refractivity (Wildman–Crippen MR) is 100 cm³/mol. The summed E-state index contributed by atoms with van der Waals surface area (Å²) in [5, 5.41) is 14.2. The maximum Gasteiger partial charge on any atom is 0.253 e. The Balaban J connectivity index is 1.57. The number of aryl methyl sites for hydroxylation is 2. The molecule has 132 valence electrons. The second-order valence-corrected chi connectivity index (χ2v) is 6.46. The Bertz CT molecular complexity index is 723. The highest BCUT2D eigenvalue weighted by Crippen LogP contribution is 2.25. The number of benzene rings is 1. The number of amides is 1. The normalized spacial score (nSPS) is 13.8. The summed E-state index contributed by atoms with van der Waals surface area (Å²) in [4.78, 5) is 14.9. The summed E-state index contributed by atoms with van der Waals surface area (Å²) >= 11 is 0. The molecular formula is C19H25N5O. The van der Waals surface area contributed by atoms with Gasteiger partial charge in [-0.2, -0.15) is 5.10 Å². The first-order valence-corrected chi connectivity index (χ1v) is 8.81. The molecule has 6 nitrogen and oxygen atoms in total. The van der Waals surface area contributed by atoms with Crippen molar-refractivity contribution in [2.24, 2.45) is 0 Å². The van der Waals surface area contributed by atoms with Gasteiger partial charge in [0.1, 0.15) is 5.82 Å². The van der Waals surface area contributed by atoms with Crippen LogP contribution in [0, 0.1) is 13.8 Å². The highest BCUT2D eigenvalue weighted by Gasteiger charge is 2.19. The first-order valence-electron chi connectivity index (χ1n) is 8.81. The standard InChI is InChI=1S/C19H25N5O/c1-14-5-7-17(24-11-3-4-12-24)16(13-14)19(25)21-10-9-20-18-8-6-15(2)22-23-18/h5-8,13H,3-4,9-12H2,1-2H3,(H,20,23)(H,21,25). The van der Waals surface area contributed by atoms with Crippen LogP contribution in [0.4, 0.5) is 11.5 Å². The predicted octanol–water partition coefficient (Wildman–Crippen LogP) is 2.54. The molecular weight excluding hydrogens is 314 g/mol. The van der Waals surface area contributed by atoms with Gasteiger partial charge in [0.2, 0.25) is 0 Å². The zero-order chi connectivity index (χ0) is 17.6. The fourth-order valence-electron chi connectivity index (χ4n) is 3.02. The molecule has 0 bridgehead atoms. The smallest absolute Gasteiger partial charge is 0.253 e. The summed E-state index contributed by atoms with van der Waals surface area (Å²) in [6.45, 7) is 7.10. The molecule has 0 spiro atoms. The van der Waals surface area contributed by atoms with E-state index in [2.05, 4.69) is 37.9 Å². The molecule has 1 aromatic heterocycles. The lowest BCUT2D eigenvalue weighted by Crippen LogP contribution is -2.31. The van der Waals surface area contributed by atoms with E-state index in [1.54, 1.807) is 0 Å². The fraction of sp³-hybridized carbons (Fsp3) is 0.421. The van der Waals surface area contributed by atoms with E-state index >= 15 is 0 Å². The van der Waals surface area contributed by atoms with Crippen molar-refractivity contribution in [1.82, 2.24) is 15.5 Å². The summed E-state index contributed by atoms with van der Waals surface area (Å²) in [5.74, 6) is 0.690. The largest absolute Gasteiger partial charge is 0.371 e. The third-order valence-electron chi connectivity index (χ3n) is 4.36. The number of anilines is 2. The summed E-state index contributed by atoms with van der Waals surface area (Å²) in [6, 6.07) is 9.90. The van der Waals surface area contributed by atoms with E-state index in [9.17, 15) is 4.79 Å². The average molecular weight is 339 g/mol. The highest BCUT2D eigenvalue weighted by molar-refractivity contribution is 6.00. The van der Waals surface area contributed by atoms with Crippen molar-refractivity contribution in [1.29, 1.82) is 0 Å². The van der Waals surface area contributed by atoms with Crippen LogP contribution in [-0.2, 0) is 0 Å². The molecule has 25 heavy (non-hydrogen) atoms. The van der Waals surface area contributed by atoms with E-state index in [1.807, 2.05) is 32.0 Å². The SMILES string of the molecule is Cc1ccc(N2CCCC2)c(C(=O)NCCNc2ccc(C)nn2)c1. The van der Waals surface area contributed by atoms with Gasteiger partial charge in [0.15, 0.2) is 0 Å². The van der Waals surface area contributed by atoms with Crippen molar-refractivity contribution in [3.05, 3.63) is 47.2 Å². The van der Waals surface area contributed by atoms with Crippen LogP contribution in [-0.4, -0.2) is 42.3 Å². The van der Waals surface area contributed by atoms with Crippen molar-refractivity contribution >= 4 is 17.4 Å². The molecule has 1 aliphatic rings. The van der Waals surface area contributed by atoms with Crippen LogP contribution in [0.15, 0.2) is 30.3 Å². The molecule has 1 fully saturated rings. The van der Waals surface area contributed by atoms with Crippen LogP contribution < -0.4 is 15.5 Å². The third kappa shape index (κ3) is 4.47. The topological polar surface area (TPSA) is 70.2 Å². The summed E-state index contributed by atoms with van der Waals surface area (Å²) < 4.78 is 0. The Labute approximate surface area is 148 Å². The molecule has 2 heterocycles. The van der Waals surface area contributed by atoms with Crippen LogP contribution in [0.3, 0.4) is 0 Å². The molecule has 6 heteroatoms. The molecule has 2 N–H and O–H groups in total. The van der Waals surface area contributed by atoms with Gasteiger partial charge >= 0.3 is 0 Å². The number of carbonyl (C=O) groups excluding carboxylic acids is 1. The molecule has 0 saturated carbocycles. The van der Waals surface area contributed by atoms with Gasteiger partial charge in [0.05, 0.1) is 11.3 Å². The summed E-state index contributed by atoms with van der Waals surface area (Å²) in [7, 11) is 0. The molecule has 1 aliphatic heterocycles. The zero-order valence-electron chi connectivity index (χ0n) is 14.9. The van der Waals surface area contributed by atoms with Crippen LogP contribution >= 0.6 is 0 Å². The van der Waals surface area contributed by atoms with E-state index in [-0.39, 0.29) is 5.91 Å². The lowest BCUT2D eigenvalue weighted by atomic mass is 10.1. The fourth-order valence-corrected chi connectivity index (χ4v) is 3.02. The number of nitrogens with one attached hydrogen (secondary N) is 2. The van der Waals surface area contributed by atoms with Crippen LogP contribution in [0.2, 0.25) is 0 Å². The molecule has 1 aromatic carbocycles. The Morgan fingerprint density at radius 2 is 1.88 bits per heavy atom. The van der Waals surface area contributed by atoms with Gasteiger partial charge in [0.25, 0.3) is 5.91 Å². The number of carbonyl (C=O) groups is 1. The van der Waals surface area contributed by atoms with Crippen molar-refractivity contribution in [2.75, 3.05) is 36.4 Å². The average Bonchev–Trinajstić information content (AvgIpc) is 3.14. The Kier molecular flexibility index (Phi) is 5.48. The first kappa shape index (κ1) is 17.2. The Morgan fingerprint density at radius 3 is 2.60 bits per heavy atom. The van der Waals surface area contributed by atoms with Crippen LogP contribution in [0.5, 0.6) is 0 Å². The van der Waals surface area contributed by atoms with Crippen molar-refractivity contribution in [3.63, 3.8) is 0 Å². The van der Waals surface area contributed by atoms with Gasteiger partial charge < -0.3 is 15.5 Å². The first-order chi connectivity index (χ1) is 12.1. The van der Waals surface area contributed by atoms with E-state index < -0.39 is 0 Å². The second kappa shape index (κ2) is 7.96. The molecule has 1 saturated heterocycles. The Morgan fingerprint density at radius 1 is 1.08 bits per heavy atom. The van der Waals surface area contributed by atoms with Gasteiger partial charge in [0, 0.05) is 31.9 Å². The van der Waals surface area contributed by atoms with Crippen molar-refractivity contribution in [3.8, 4) is 0 Å². The van der Waals surface area contributed by atoms with Gasteiger partial charge in [-0.3, -0.25) is 4.79 Å². The number of hydrogen-bond donors (Lipinski definition) is 2. The van der Waals surface area contributed by atoms with Crippen LogP contribution in [0.25, 0.3) is 0 Å². The number of nitrogens with zero attached hydrogens (tertiary/aromatic N) is 3. The molecule has 1 amide bonds. The van der Waals surface area contributed by atoms with Gasteiger partial charge in [-0.15, -0.1) is 5.10 Å². The summed E-state index contributed by atoms with van der Waals surface area (Å²) in [5.41, 5.74) is 3.78. The third-order valence-corrected chi connectivity index (χ3v) is 4.36. The summed E-state index contributed by atoms with van der Waals surface area (Å²) in [6.07, 6.45) is 2.38. The monoisotopic (exact) mass is 339 g/mol. The zero-order valence-corrected chi connectivity index (χ0v) is 14.9. The van der Waals surface area contributed by atoms with Gasteiger partial charge in [-0.25, -0.2) is 0 Å². The number of hydrogen-bond acceptors (Lipinski definition) is 5. The van der Waals surface area contributed by atoms with Crippen molar-refractivity contribution in [2.45, 2.75) is 26.7 Å². The minimum atomic E-state index is -0.0256. The van der Waals surface area contributed by atoms with Gasteiger partial charge in [-0.1, -0.05) is 11.6 Å². The highest BCUT2D eigenvalue weighted by atomic mass is 16.1. The quantitative estimate of drug-likeness (QED) is 0.792.